The van der Waals surface area contributed by atoms with Crippen molar-refractivity contribution in [1.29, 1.82) is 0 Å². The topological polar surface area (TPSA) is 64.6 Å². The van der Waals surface area contributed by atoms with Crippen LogP contribution in [0.5, 0.6) is 0 Å². The fourth-order valence-electron chi connectivity index (χ4n) is 5.69. The van der Waals surface area contributed by atoms with E-state index in [0.29, 0.717) is 25.5 Å². The van der Waals surface area contributed by atoms with Crippen LogP contribution >= 0.6 is 0 Å². The predicted molar refractivity (Wildman–Crippen MR) is 135 cm³/mol. The van der Waals surface area contributed by atoms with Gasteiger partial charge in [-0.3, -0.25) is 9.59 Å². The van der Waals surface area contributed by atoms with Gasteiger partial charge in [-0.05, 0) is 43.1 Å². The highest BCUT2D eigenvalue weighted by Gasteiger charge is 2.57. The molecule has 0 saturated carbocycles. The van der Waals surface area contributed by atoms with Crippen LogP contribution in [0.3, 0.4) is 0 Å². The molecule has 0 spiro atoms. The number of piperidine rings is 1. The van der Waals surface area contributed by atoms with Gasteiger partial charge >= 0.3 is 5.97 Å². The number of methoxy groups -OCH3 is 1. The minimum Gasteiger partial charge on any atom is -0.468 e. The van der Waals surface area contributed by atoms with Crippen molar-refractivity contribution in [3.63, 3.8) is 0 Å². The van der Waals surface area contributed by atoms with Gasteiger partial charge in [-0.1, -0.05) is 93.9 Å². The average molecular weight is 470 g/mol. The van der Waals surface area contributed by atoms with Crippen molar-refractivity contribution >= 4 is 11.9 Å². The van der Waals surface area contributed by atoms with Gasteiger partial charge in [-0.2, -0.15) is 0 Å². The Hall–Kier alpha value is -2.14. The highest BCUT2D eigenvalue weighted by Crippen LogP contribution is 2.47. The van der Waals surface area contributed by atoms with Gasteiger partial charge in [0, 0.05) is 13.2 Å². The first kappa shape index (κ1) is 26.5. The number of benzene rings is 1. The second kappa shape index (κ2) is 14.3. The van der Waals surface area contributed by atoms with Crippen molar-refractivity contribution in [2.75, 3.05) is 20.3 Å². The van der Waals surface area contributed by atoms with Crippen molar-refractivity contribution in [2.24, 2.45) is 17.3 Å². The summed E-state index contributed by atoms with van der Waals surface area (Å²) in [6.45, 7) is 2.21. The first-order chi connectivity index (χ1) is 16.7. The molecule has 1 N–H and O–H groups in total. The molecule has 1 fully saturated rings. The number of hydrogen-bond donors (Lipinski definition) is 1. The fourth-order valence-corrected chi connectivity index (χ4v) is 5.69. The van der Waals surface area contributed by atoms with Crippen LogP contribution in [0.2, 0.25) is 0 Å². The fraction of sp³-hybridized carbons (Fsp3) is 0.655. The van der Waals surface area contributed by atoms with Crippen LogP contribution in [0, 0.1) is 17.3 Å². The third-order valence-corrected chi connectivity index (χ3v) is 7.65. The Bertz CT molecular complexity index is 768. The molecule has 34 heavy (non-hydrogen) atoms. The van der Waals surface area contributed by atoms with Crippen molar-refractivity contribution in [3.05, 3.63) is 48.0 Å². The normalized spacial score (nSPS) is 23.9. The molecule has 1 aliphatic heterocycles. The van der Waals surface area contributed by atoms with Crippen LogP contribution in [0.15, 0.2) is 42.5 Å². The van der Waals surface area contributed by atoms with E-state index in [1.807, 2.05) is 18.2 Å². The first-order valence-corrected chi connectivity index (χ1v) is 13.3. The molecule has 5 heteroatoms. The zero-order valence-corrected chi connectivity index (χ0v) is 20.9. The second-order valence-electron chi connectivity index (χ2n) is 9.95. The first-order valence-electron chi connectivity index (χ1n) is 13.3. The van der Waals surface area contributed by atoms with Crippen LogP contribution in [-0.2, 0) is 25.7 Å². The number of ether oxygens (including phenoxy) is 2. The maximum Gasteiger partial charge on any atom is 0.321 e. The summed E-state index contributed by atoms with van der Waals surface area (Å²) in [5.41, 5.74) is 0.227. The van der Waals surface area contributed by atoms with Crippen LogP contribution in [0.25, 0.3) is 0 Å². The highest BCUT2D eigenvalue weighted by atomic mass is 16.5. The third kappa shape index (κ3) is 7.18. The number of unbranched alkanes of at least 4 members (excludes halogenated alkanes) is 8. The lowest BCUT2D eigenvalue weighted by molar-refractivity contribution is -0.169. The molecule has 188 valence electrons. The number of allylic oxidation sites excluding steroid dienone is 2. The standard InChI is InChI=1S/C29H43NO4/c1-33-28(32)29(26-19-13-12-18-25(26)22-30-27(29)31)20-14-7-5-3-2-4-6-8-15-21-34-23-24-16-10-9-11-17-24/h9-13,16-17,25-26H,2-8,14-15,18-23H2,1H3,(H,30,31)/t25-,26-,29-/m1/s1. The van der Waals surface area contributed by atoms with E-state index < -0.39 is 5.41 Å². The maximum atomic E-state index is 12.9. The maximum absolute atomic E-state index is 12.9. The lowest BCUT2D eigenvalue weighted by atomic mass is 9.60. The van der Waals surface area contributed by atoms with E-state index in [1.165, 1.54) is 44.8 Å². The Morgan fingerprint density at radius 1 is 0.941 bits per heavy atom. The molecule has 3 atom stereocenters. The molecule has 1 saturated heterocycles. The van der Waals surface area contributed by atoms with E-state index in [2.05, 4.69) is 29.6 Å². The lowest BCUT2D eigenvalue weighted by Crippen LogP contribution is -2.60. The number of fused-ring (bicyclic) bond motifs is 1. The van der Waals surface area contributed by atoms with Gasteiger partial charge in [0.05, 0.1) is 13.7 Å². The van der Waals surface area contributed by atoms with E-state index in [4.69, 9.17) is 9.47 Å². The molecular formula is C29H43NO4. The van der Waals surface area contributed by atoms with Crippen molar-refractivity contribution in [1.82, 2.24) is 5.32 Å². The number of nitrogens with one attached hydrogen (secondary N) is 1. The van der Waals surface area contributed by atoms with Crippen molar-refractivity contribution in [3.8, 4) is 0 Å². The molecule has 1 amide bonds. The molecule has 1 aliphatic carbocycles. The molecule has 0 unspecified atom stereocenters. The quantitative estimate of drug-likeness (QED) is 0.149. The summed E-state index contributed by atoms with van der Waals surface area (Å²) in [6.07, 6.45) is 17.1. The SMILES string of the molecule is COC(=O)[C@@]1(CCCCCCCCCCCOCc2ccccc2)C(=O)NC[C@H]2CC=CC[C@H]21. The summed E-state index contributed by atoms with van der Waals surface area (Å²) in [7, 11) is 1.41. The molecule has 0 bridgehead atoms. The zero-order chi connectivity index (χ0) is 24.1. The van der Waals surface area contributed by atoms with Crippen LogP contribution in [0.1, 0.15) is 82.6 Å². The summed E-state index contributed by atoms with van der Waals surface area (Å²) in [6, 6.07) is 10.3. The Kier molecular flexibility index (Phi) is 11.1. The Labute approximate surface area is 205 Å². The van der Waals surface area contributed by atoms with E-state index >= 15 is 0 Å². The van der Waals surface area contributed by atoms with E-state index in [9.17, 15) is 9.59 Å². The molecule has 3 rings (SSSR count). The minimum atomic E-state index is -1.01. The number of carbonyl (C=O) groups is 2. The third-order valence-electron chi connectivity index (χ3n) is 7.65. The summed E-state index contributed by atoms with van der Waals surface area (Å²) in [5.74, 6) is -0.0627. The molecule has 2 aliphatic rings. The molecule has 5 nitrogen and oxygen atoms in total. The van der Waals surface area contributed by atoms with Crippen LogP contribution < -0.4 is 5.32 Å². The van der Waals surface area contributed by atoms with E-state index in [0.717, 1.165) is 45.1 Å². The number of rotatable bonds is 15. The average Bonchev–Trinajstić information content (AvgIpc) is 2.88. The molecular weight excluding hydrogens is 426 g/mol. The predicted octanol–water partition coefficient (Wildman–Crippen LogP) is 5.98. The minimum absolute atomic E-state index is 0.0652. The van der Waals surface area contributed by atoms with Crippen molar-refractivity contribution in [2.45, 2.75) is 83.7 Å². The number of esters is 1. The van der Waals surface area contributed by atoms with Crippen LogP contribution in [0.4, 0.5) is 0 Å². The monoisotopic (exact) mass is 469 g/mol. The summed E-state index contributed by atoms with van der Waals surface area (Å²) in [5, 5.41) is 3.01. The zero-order valence-electron chi connectivity index (χ0n) is 20.9. The number of hydrogen-bond acceptors (Lipinski definition) is 4. The molecule has 1 aromatic carbocycles. The van der Waals surface area contributed by atoms with E-state index in [1.54, 1.807) is 0 Å². The molecule has 1 heterocycles. The molecule has 1 aromatic rings. The molecule has 0 aromatic heterocycles. The highest BCUT2D eigenvalue weighted by molar-refractivity contribution is 6.03. The van der Waals surface area contributed by atoms with Crippen molar-refractivity contribution < 1.29 is 19.1 Å². The Morgan fingerprint density at radius 3 is 2.29 bits per heavy atom. The van der Waals surface area contributed by atoms with Gasteiger partial charge in [0.2, 0.25) is 5.91 Å². The Balaban J connectivity index is 1.25. The van der Waals surface area contributed by atoms with Gasteiger partial charge in [0.15, 0.2) is 0 Å². The van der Waals surface area contributed by atoms with Gasteiger partial charge in [-0.15, -0.1) is 0 Å². The van der Waals surface area contributed by atoms with Gasteiger partial charge in [-0.25, -0.2) is 0 Å². The molecule has 0 radical (unpaired) electrons. The van der Waals surface area contributed by atoms with Gasteiger partial charge in [0.25, 0.3) is 0 Å². The lowest BCUT2D eigenvalue weighted by Gasteiger charge is -2.46. The van der Waals surface area contributed by atoms with Gasteiger partial charge in [0.1, 0.15) is 5.41 Å². The smallest absolute Gasteiger partial charge is 0.321 e. The van der Waals surface area contributed by atoms with E-state index in [-0.39, 0.29) is 17.8 Å². The largest absolute Gasteiger partial charge is 0.468 e. The summed E-state index contributed by atoms with van der Waals surface area (Å²) in [4.78, 5) is 25.8. The van der Waals surface area contributed by atoms with Crippen LogP contribution in [-0.4, -0.2) is 32.1 Å². The summed E-state index contributed by atoms with van der Waals surface area (Å²) >= 11 is 0. The summed E-state index contributed by atoms with van der Waals surface area (Å²) < 4.78 is 10.9. The van der Waals surface area contributed by atoms with Gasteiger partial charge < -0.3 is 14.8 Å². The number of amides is 1. The number of carbonyl (C=O) groups excluding carboxylic acids is 2. The second-order valence-corrected chi connectivity index (χ2v) is 9.95. The Morgan fingerprint density at radius 2 is 1.59 bits per heavy atom.